The van der Waals surface area contributed by atoms with Crippen LogP contribution in [0.25, 0.3) is 0 Å². The van der Waals surface area contributed by atoms with Crippen LogP contribution in [-0.4, -0.2) is 49.7 Å². The van der Waals surface area contributed by atoms with Crippen LogP contribution in [0.5, 0.6) is 11.5 Å². The van der Waals surface area contributed by atoms with Gasteiger partial charge in [0.1, 0.15) is 17.6 Å². The molecule has 0 radical (unpaired) electrons. The molecular formula is C17H24N2O3. The van der Waals surface area contributed by atoms with Crippen molar-refractivity contribution in [2.24, 2.45) is 0 Å². The number of methoxy groups -OCH3 is 1. The van der Waals surface area contributed by atoms with Gasteiger partial charge in [0.25, 0.3) is 0 Å². The molecule has 0 aromatic heterocycles. The lowest BCUT2D eigenvalue weighted by molar-refractivity contribution is -0.134. The highest BCUT2D eigenvalue weighted by molar-refractivity contribution is 5.82. The fourth-order valence-corrected chi connectivity index (χ4v) is 3.16. The Balaban J connectivity index is 1.47. The van der Waals surface area contributed by atoms with E-state index >= 15 is 0 Å². The van der Waals surface area contributed by atoms with Crippen LogP contribution in [0.4, 0.5) is 0 Å². The summed E-state index contributed by atoms with van der Waals surface area (Å²) in [5.41, 5.74) is 0. The number of piperidine rings is 1. The van der Waals surface area contributed by atoms with Gasteiger partial charge in [0.05, 0.1) is 13.2 Å². The van der Waals surface area contributed by atoms with Crippen molar-refractivity contribution in [1.29, 1.82) is 0 Å². The molecule has 1 N–H and O–H groups in total. The zero-order chi connectivity index (χ0) is 15.4. The zero-order valence-electron chi connectivity index (χ0n) is 13.1. The van der Waals surface area contributed by atoms with Crippen molar-refractivity contribution in [2.45, 2.75) is 37.8 Å². The maximum atomic E-state index is 12.3. The molecule has 2 saturated heterocycles. The number of hydrogen-bond acceptors (Lipinski definition) is 4. The van der Waals surface area contributed by atoms with E-state index in [1.165, 1.54) is 0 Å². The van der Waals surface area contributed by atoms with Crippen molar-refractivity contribution in [2.75, 3.05) is 26.7 Å². The van der Waals surface area contributed by atoms with Crippen molar-refractivity contribution in [3.63, 3.8) is 0 Å². The average molecular weight is 304 g/mol. The van der Waals surface area contributed by atoms with Crippen LogP contribution in [-0.2, 0) is 4.79 Å². The third-order valence-corrected chi connectivity index (χ3v) is 4.47. The van der Waals surface area contributed by atoms with Crippen LogP contribution in [0, 0.1) is 0 Å². The Kier molecular flexibility index (Phi) is 4.83. The number of likely N-dealkylation sites (tertiary alicyclic amines) is 1. The third-order valence-electron chi connectivity index (χ3n) is 4.47. The summed E-state index contributed by atoms with van der Waals surface area (Å²) in [6.45, 7) is 2.54. The number of rotatable bonds is 4. The van der Waals surface area contributed by atoms with Crippen molar-refractivity contribution in [3.05, 3.63) is 24.3 Å². The van der Waals surface area contributed by atoms with Gasteiger partial charge in [0.15, 0.2) is 0 Å². The van der Waals surface area contributed by atoms with Gasteiger partial charge in [0, 0.05) is 25.9 Å². The molecule has 0 saturated carbocycles. The molecule has 2 aliphatic heterocycles. The minimum Gasteiger partial charge on any atom is -0.497 e. The molecule has 120 valence electrons. The van der Waals surface area contributed by atoms with Crippen LogP contribution in [0.3, 0.4) is 0 Å². The lowest BCUT2D eigenvalue weighted by Crippen LogP contribution is -2.48. The van der Waals surface area contributed by atoms with E-state index in [9.17, 15) is 4.79 Å². The quantitative estimate of drug-likeness (QED) is 0.922. The summed E-state index contributed by atoms with van der Waals surface area (Å²) in [7, 11) is 1.65. The molecule has 5 heteroatoms. The summed E-state index contributed by atoms with van der Waals surface area (Å²) in [6.07, 6.45) is 4.05. The van der Waals surface area contributed by atoms with E-state index in [0.29, 0.717) is 0 Å². The fourth-order valence-electron chi connectivity index (χ4n) is 3.16. The maximum Gasteiger partial charge on any atom is 0.239 e. The Hall–Kier alpha value is -1.75. The molecule has 0 aliphatic carbocycles. The molecular weight excluding hydrogens is 280 g/mol. The number of carbonyl (C=O) groups is 1. The van der Waals surface area contributed by atoms with Crippen LogP contribution in [0.2, 0.25) is 0 Å². The van der Waals surface area contributed by atoms with Crippen molar-refractivity contribution in [1.82, 2.24) is 10.2 Å². The monoisotopic (exact) mass is 304 g/mol. The van der Waals surface area contributed by atoms with E-state index in [0.717, 1.165) is 56.8 Å². The van der Waals surface area contributed by atoms with Crippen molar-refractivity contribution >= 4 is 5.91 Å². The molecule has 1 aromatic carbocycles. The van der Waals surface area contributed by atoms with E-state index < -0.39 is 0 Å². The van der Waals surface area contributed by atoms with Gasteiger partial charge in [-0.3, -0.25) is 4.79 Å². The summed E-state index contributed by atoms with van der Waals surface area (Å²) in [5, 5.41) is 3.28. The summed E-state index contributed by atoms with van der Waals surface area (Å²) in [4.78, 5) is 14.3. The number of ether oxygens (including phenoxy) is 2. The first kappa shape index (κ1) is 15.2. The Morgan fingerprint density at radius 3 is 2.41 bits per heavy atom. The highest BCUT2D eigenvalue weighted by atomic mass is 16.5. The lowest BCUT2D eigenvalue weighted by Gasteiger charge is -2.33. The maximum absolute atomic E-state index is 12.3. The van der Waals surface area contributed by atoms with Crippen LogP contribution in [0.15, 0.2) is 24.3 Å². The first-order valence-electron chi connectivity index (χ1n) is 8.09. The van der Waals surface area contributed by atoms with Gasteiger partial charge in [-0.1, -0.05) is 0 Å². The largest absolute Gasteiger partial charge is 0.497 e. The molecule has 1 atom stereocenters. The first-order valence-corrected chi connectivity index (χ1v) is 8.09. The predicted molar refractivity (Wildman–Crippen MR) is 84.2 cm³/mol. The summed E-state index contributed by atoms with van der Waals surface area (Å²) in [6, 6.07) is 7.70. The SMILES string of the molecule is COc1ccc(OC2CCN(C(=O)[C@@H]3CCCN3)CC2)cc1. The van der Waals surface area contributed by atoms with E-state index in [-0.39, 0.29) is 18.1 Å². The van der Waals surface area contributed by atoms with Crippen LogP contribution < -0.4 is 14.8 Å². The molecule has 3 rings (SSSR count). The average Bonchev–Trinajstić information content (AvgIpc) is 3.10. The summed E-state index contributed by atoms with van der Waals surface area (Å²) in [5.74, 6) is 1.96. The standard InChI is InChI=1S/C17H24N2O3/c1-21-13-4-6-14(7-5-13)22-15-8-11-19(12-9-15)17(20)16-3-2-10-18-16/h4-7,15-16,18H,2-3,8-12H2,1H3/t16-/m0/s1. The molecule has 1 amide bonds. The molecule has 0 spiro atoms. The zero-order valence-corrected chi connectivity index (χ0v) is 13.1. The molecule has 2 aliphatic rings. The van der Waals surface area contributed by atoms with E-state index in [1.807, 2.05) is 29.2 Å². The van der Waals surface area contributed by atoms with Gasteiger partial charge in [-0.05, 0) is 43.7 Å². The van der Waals surface area contributed by atoms with Crippen molar-refractivity contribution in [3.8, 4) is 11.5 Å². The lowest BCUT2D eigenvalue weighted by atomic mass is 10.1. The summed E-state index contributed by atoms with van der Waals surface area (Å²) < 4.78 is 11.1. The molecule has 0 bridgehead atoms. The van der Waals surface area contributed by atoms with E-state index in [4.69, 9.17) is 9.47 Å². The normalized spacial score (nSPS) is 22.6. The molecule has 2 heterocycles. The molecule has 1 aromatic rings. The molecule has 2 fully saturated rings. The van der Waals surface area contributed by atoms with Crippen LogP contribution >= 0.6 is 0 Å². The Morgan fingerprint density at radius 2 is 1.82 bits per heavy atom. The van der Waals surface area contributed by atoms with Crippen molar-refractivity contribution < 1.29 is 14.3 Å². The first-order chi connectivity index (χ1) is 10.8. The Labute approximate surface area is 131 Å². The van der Waals surface area contributed by atoms with Gasteiger partial charge < -0.3 is 19.7 Å². The molecule has 22 heavy (non-hydrogen) atoms. The second-order valence-electron chi connectivity index (χ2n) is 5.97. The van der Waals surface area contributed by atoms with Gasteiger partial charge in [-0.25, -0.2) is 0 Å². The highest BCUT2D eigenvalue weighted by Crippen LogP contribution is 2.22. The van der Waals surface area contributed by atoms with Gasteiger partial charge in [-0.15, -0.1) is 0 Å². The number of nitrogens with zero attached hydrogens (tertiary/aromatic N) is 1. The third kappa shape index (κ3) is 3.53. The number of benzene rings is 1. The number of amides is 1. The van der Waals surface area contributed by atoms with Gasteiger partial charge in [0.2, 0.25) is 5.91 Å². The van der Waals surface area contributed by atoms with Gasteiger partial charge in [-0.2, -0.15) is 0 Å². The second-order valence-corrected chi connectivity index (χ2v) is 5.97. The number of nitrogens with one attached hydrogen (secondary N) is 1. The van der Waals surface area contributed by atoms with Gasteiger partial charge >= 0.3 is 0 Å². The summed E-state index contributed by atoms with van der Waals surface area (Å²) >= 11 is 0. The number of carbonyl (C=O) groups excluding carboxylic acids is 1. The fraction of sp³-hybridized carbons (Fsp3) is 0.588. The Morgan fingerprint density at radius 1 is 1.14 bits per heavy atom. The second kappa shape index (κ2) is 7.01. The van der Waals surface area contributed by atoms with E-state index in [2.05, 4.69) is 5.32 Å². The highest BCUT2D eigenvalue weighted by Gasteiger charge is 2.30. The smallest absolute Gasteiger partial charge is 0.239 e. The molecule has 5 nitrogen and oxygen atoms in total. The minimum absolute atomic E-state index is 0.0408. The predicted octanol–water partition coefficient (Wildman–Crippen LogP) is 1.82. The van der Waals surface area contributed by atoms with E-state index in [1.54, 1.807) is 7.11 Å². The minimum atomic E-state index is 0.0408. The topological polar surface area (TPSA) is 50.8 Å². The Bertz CT molecular complexity index is 489. The number of hydrogen-bond donors (Lipinski definition) is 1. The van der Waals surface area contributed by atoms with Crippen LogP contribution in [0.1, 0.15) is 25.7 Å². The molecule has 0 unspecified atom stereocenters.